The summed E-state index contributed by atoms with van der Waals surface area (Å²) < 4.78 is 22.9. The van der Waals surface area contributed by atoms with E-state index in [0.717, 1.165) is 0 Å². The van der Waals surface area contributed by atoms with Crippen molar-refractivity contribution >= 4 is 29.2 Å². The van der Waals surface area contributed by atoms with Crippen LogP contribution < -0.4 is 14.8 Å². The van der Waals surface area contributed by atoms with Crippen LogP contribution in [0.1, 0.15) is 44.4 Å². The third-order valence-electron chi connectivity index (χ3n) is 4.68. The molecule has 2 aromatic carbocycles. The van der Waals surface area contributed by atoms with Crippen molar-refractivity contribution < 1.29 is 28.5 Å². The molecule has 0 radical (unpaired) electrons. The molecule has 1 amide bonds. The molecule has 0 bridgehead atoms. The molecule has 0 unspecified atom stereocenters. The predicted molar refractivity (Wildman–Crippen MR) is 117 cm³/mol. The van der Waals surface area contributed by atoms with E-state index in [0.29, 0.717) is 46.5 Å². The lowest BCUT2D eigenvalue weighted by Gasteiger charge is -2.24. The first kappa shape index (κ1) is 22.9. The Morgan fingerprint density at radius 2 is 1.84 bits per heavy atom. The van der Waals surface area contributed by atoms with Gasteiger partial charge in [0.25, 0.3) is 5.91 Å². The van der Waals surface area contributed by atoms with Gasteiger partial charge in [0.15, 0.2) is 11.5 Å². The highest BCUT2D eigenvalue weighted by Gasteiger charge is 2.35. The number of rotatable bonds is 8. The lowest BCUT2D eigenvalue weighted by atomic mass is 9.98. The van der Waals surface area contributed by atoms with Gasteiger partial charge in [-0.2, -0.15) is 0 Å². The molecule has 0 aliphatic carbocycles. The molecule has 2 aromatic rings. The van der Waals surface area contributed by atoms with Gasteiger partial charge < -0.3 is 24.3 Å². The molecule has 166 valence electrons. The number of carbonyl (C=O) groups excluding carboxylic acids is 2. The molecular formula is C23H26ClNO6. The van der Waals surface area contributed by atoms with Crippen molar-refractivity contribution in [2.75, 3.05) is 25.1 Å². The minimum Gasteiger partial charge on any atom is -0.490 e. The maximum atomic E-state index is 12.8. The van der Waals surface area contributed by atoms with Crippen LogP contribution in [0.4, 0.5) is 5.69 Å². The number of anilines is 1. The number of carbonyl (C=O) groups is 2. The summed E-state index contributed by atoms with van der Waals surface area (Å²) in [6.45, 7) is 6.56. The first-order chi connectivity index (χ1) is 15.0. The number of benzene rings is 2. The van der Waals surface area contributed by atoms with E-state index in [1.165, 1.54) is 0 Å². The number of fused-ring (bicyclic) bond motifs is 1. The van der Waals surface area contributed by atoms with E-state index in [1.54, 1.807) is 25.1 Å². The van der Waals surface area contributed by atoms with Crippen molar-refractivity contribution in [3.8, 4) is 11.5 Å². The monoisotopic (exact) mass is 447 g/mol. The summed E-state index contributed by atoms with van der Waals surface area (Å²) in [6.07, 6.45) is -2.00. The fourth-order valence-corrected chi connectivity index (χ4v) is 3.62. The first-order valence-corrected chi connectivity index (χ1v) is 10.7. The Hall–Kier alpha value is -2.77. The van der Waals surface area contributed by atoms with Gasteiger partial charge in [0.05, 0.1) is 26.2 Å². The Labute approximate surface area is 186 Å². The Morgan fingerprint density at radius 1 is 1.06 bits per heavy atom. The van der Waals surface area contributed by atoms with Crippen LogP contribution >= 0.6 is 11.6 Å². The summed E-state index contributed by atoms with van der Waals surface area (Å²) in [7, 11) is 0. The number of hydrogen-bond acceptors (Lipinski definition) is 6. The van der Waals surface area contributed by atoms with Crippen LogP contribution in [0, 0.1) is 0 Å². The zero-order valence-electron chi connectivity index (χ0n) is 17.8. The summed E-state index contributed by atoms with van der Waals surface area (Å²) in [5.41, 5.74) is 1.87. The minimum absolute atomic E-state index is 0.215. The van der Waals surface area contributed by atoms with Gasteiger partial charge in [-0.25, -0.2) is 0 Å². The molecule has 0 aromatic heterocycles. The smallest absolute Gasteiger partial charge is 0.308 e. The summed E-state index contributed by atoms with van der Waals surface area (Å²) >= 11 is 6.26. The molecule has 1 N–H and O–H groups in total. The Balaban J connectivity index is 2.11. The van der Waals surface area contributed by atoms with Gasteiger partial charge in [-0.15, -0.1) is 0 Å². The second-order valence-corrected chi connectivity index (χ2v) is 7.21. The normalized spacial score (nSPS) is 17.9. The van der Waals surface area contributed by atoms with Gasteiger partial charge in [-0.05, 0) is 45.0 Å². The number of amides is 1. The lowest BCUT2D eigenvalue weighted by molar-refractivity contribution is -0.150. The number of nitrogens with one attached hydrogen (secondary N) is 1. The molecule has 0 saturated heterocycles. The largest absolute Gasteiger partial charge is 0.490 e. The maximum absolute atomic E-state index is 12.8. The van der Waals surface area contributed by atoms with Crippen molar-refractivity contribution in [3.63, 3.8) is 0 Å². The highest BCUT2D eigenvalue weighted by atomic mass is 35.5. The van der Waals surface area contributed by atoms with Gasteiger partial charge in [-0.3, -0.25) is 9.59 Å². The van der Waals surface area contributed by atoms with Crippen LogP contribution in [0.25, 0.3) is 0 Å². The molecule has 0 fully saturated rings. The van der Waals surface area contributed by atoms with E-state index in [4.69, 9.17) is 30.5 Å². The van der Waals surface area contributed by atoms with Crippen molar-refractivity contribution in [3.05, 3.63) is 52.5 Å². The standard InChI is InChI=1S/C23H26ClNO6/c1-4-28-18-9-7-8-15(22(18)30-6-3)21-16-12-14(24)10-11-17(16)25-23(27)19(31-21)13-20(26)29-5-2/h7-12,19,21H,4-6,13H2,1-3H3,(H,25,27)/t19-,21-/m1/s1. The molecule has 31 heavy (non-hydrogen) atoms. The second kappa shape index (κ2) is 10.5. The van der Waals surface area contributed by atoms with E-state index in [9.17, 15) is 9.59 Å². The van der Waals surface area contributed by atoms with E-state index in [1.807, 2.05) is 32.0 Å². The highest BCUT2D eigenvalue weighted by molar-refractivity contribution is 6.30. The third kappa shape index (κ3) is 5.29. The van der Waals surface area contributed by atoms with E-state index >= 15 is 0 Å². The van der Waals surface area contributed by atoms with Crippen LogP contribution in [-0.4, -0.2) is 37.8 Å². The average molecular weight is 448 g/mol. The Kier molecular flexibility index (Phi) is 7.76. The number of ether oxygens (including phenoxy) is 4. The topological polar surface area (TPSA) is 83.1 Å². The van der Waals surface area contributed by atoms with Crippen LogP contribution in [0.5, 0.6) is 11.5 Å². The summed E-state index contributed by atoms with van der Waals surface area (Å²) in [4.78, 5) is 24.9. The first-order valence-electron chi connectivity index (χ1n) is 10.3. The summed E-state index contributed by atoms with van der Waals surface area (Å²) in [6, 6.07) is 10.6. The van der Waals surface area contributed by atoms with Gasteiger partial charge in [0.1, 0.15) is 12.2 Å². The quantitative estimate of drug-likeness (QED) is 0.599. The van der Waals surface area contributed by atoms with Gasteiger partial charge in [0, 0.05) is 21.8 Å². The van der Waals surface area contributed by atoms with Crippen LogP contribution in [0.2, 0.25) is 5.02 Å². The van der Waals surface area contributed by atoms with E-state index < -0.39 is 24.1 Å². The van der Waals surface area contributed by atoms with Crippen molar-refractivity contribution in [1.82, 2.24) is 0 Å². The van der Waals surface area contributed by atoms with E-state index in [2.05, 4.69) is 5.32 Å². The Morgan fingerprint density at radius 3 is 2.55 bits per heavy atom. The second-order valence-electron chi connectivity index (χ2n) is 6.78. The lowest BCUT2D eigenvalue weighted by Crippen LogP contribution is -2.32. The molecule has 8 heteroatoms. The zero-order chi connectivity index (χ0) is 22.4. The molecule has 1 heterocycles. The SMILES string of the molecule is CCOC(=O)C[C@H]1O[C@H](c2cccc(OCC)c2OCC)c2cc(Cl)ccc2NC1=O. The fourth-order valence-electron chi connectivity index (χ4n) is 3.44. The predicted octanol–water partition coefficient (Wildman–Crippen LogP) is 4.52. The molecule has 2 atom stereocenters. The molecule has 1 aliphatic heterocycles. The van der Waals surface area contributed by atoms with E-state index in [-0.39, 0.29) is 13.0 Å². The number of para-hydroxylation sites is 1. The van der Waals surface area contributed by atoms with Crippen molar-refractivity contribution in [2.45, 2.75) is 39.4 Å². The summed E-state index contributed by atoms with van der Waals surface area (Å²) in [5, 5.41) is 3.33. The molecule has 7 nitrogen and oxygen atoms in total. The van der Waals surface area contributed by atoms with Gasteiger partial charge in [-0.1, -0.05) is 23.7 Å². The van der Waals surface area contributed by atoms with Gasteiger partial charge in [0.2, 0.25) is 0 Å². The molecule has 0 saturated carbocycles. The molecule has 1 aliphatic rings. The van der Waals surface area contributed by atoms with Crippen LogP contribution in [0.15, 0.2) is 36.4 Å². The molecular weight excluding hydrogens is 422 g/mol. The number of halogens is 1. The van der Waals surface area contributed by atoms with Crippen LogP contribution in [-0.2, 0) is 19.1 Å². The van der Waals surface area contributed by atoms with Gasteiger partial charge >= 0.3 is 5.97 Å². The maximum Gasteiger partial charge on any atom is 0.308 e. The minimum atomic E-state index is -1.06. The number of hydrogen-bond donors (Lipinski definition) is 1. The highest BCUT2D eigenvalue weighted by Crippen LogP contribution is 2.44. The third-order valence-corrected chi connectivity index (χ3v) is 4.92. The van der Waals surface area contributed by atoms with Crippen molar-refractivity contribution in [1.29, 1.82) is 0 Å². The van der Waals surface area contributed by atoms with Crippen LogP contribution in [0.3, 0.4) is 0 Å². The van der Waals surface area contributed by atoms with Crippen molar-refractivity contribution in [2.24, 2.45) is 0 Å². The molecule has 0 spiro atoms. The summed E-state index contributed by atoms with van der Waals surface area (Å²) in [5.74, 6) is 0.142. The zero-order valence-corrected chi connectivity index (χ0v) is 18.5. The average Bonchev–Trinajstić information content (AvgIpc) is 2.86. The number of esters is 1. The Bertz CT molecular complexity index is 948. The molecule has 3 rings (SSSR count). The fraction of sp³-hybridized carbons (Fsp3) is 0.391.